The summed E-state index contributed by atoms with van der Waals surface area (Å²) in [5, 5.41) is 12.4. The molecule has 2 heterocycles. The first-order chi connectivity index (χ1) is 16.0. The number of likely N-dealkylation sites (tertiary alicyclic amines) is 1. The maximum absolute atomic E-state index is 12.9. The van der Waals surface area contributed by atoms with E-state index in [0.29, 0.717) is 11.3 Å². The Bertz CT molecular complexity index is 976. The minimum atomic E-state index is -0.996. The molecule has 33 heavy (non-hydrogen) atoms. The van der Waals surface area contributed by atoms with Gasteiger partial charge in [0.2, 0.25) is 0 Å². The summed E-state index contributed by atoms with van der Waals surface area (Å²) in [5.41, 5.74) is 3.21. The average molecular weight is 450 g/mol. The van der Waals surface area contributed by atoms with Gasteiger partial charge in [0.1, 0.15) is 0 Å². The minimum absolute atomic E-state index is 0.176. The van der Waals surface area contributed by atoms with E-state index in [1.54, 1.807) is 18.2 Å². The first-order valence-corrected chi connectivity index (χ1v) is 12.2. The largest absolute Gasteiger partial charge is 0.478 e. The van der Waals surface area contributed by atoms with Crippen LogP contribution in [-0.2, 0) is 0 Å². The molecule has 6 nitrogen and oxygen atoms in total. The van der Waals surface area contributed by atoms with Crippen molar-refractivity contribution >= 4 is 23.3 Å². The van der Waals surface area contributed by atoms with E-state index in [9.17, 15) is 14.7 Å². The number of hydrogen-bond donors (Lipinski definition) is 2. The van der Waals surface area contributed by atoms with E-state index in [-0.39, 0.29) is 11.5 Å². The third kappa shape index (κ3) is 6.14. The molecule has 4 rings (SSSR count). The molecule has 0 aliphatic carbocycles. The second-order valence-corrected chi connectivity index (χ2v) is 9.48. The highest BCUT2D eigenvalue weighted by Crippen LogP contribution is 2.32. The van der Waals surface area contributed by atoms with Crippen LogP contribution in [0.5, 0.6) is 0 Å². The molecule has 0 saturated carbocycles. The maximum Gasteiger partial charge on any atom is 0.335 e. The molecule has 0 spiro atoms. The molecule has 6 heteroatoms. The van der Waals surface area contributed by atoms with Crippen molar-refractivity contribution < 1.29 is 14.7 Å². The van der Waals surface area contributed by atoms with Crippen LogP contribution >= 0.6 is 0 Å². The average Bonchev–Trinajstić information content (AvgIpc) is 2.83. The Labute approximate surface area is 196 Å². The number of benzene rings is 2. The van der Waals surface area contributed by atoms with Gasteiger partial charge in [-0.3, -0.25) is 4.79 Å². The van der Waals surface area contributed by atoms with Gasteiger partial charge in [-0.15, -0.1) is 0 Å². The molecule has 0 aromatic heterocycles. The smallest absolute Gasteiger partial charge is 0.335 e. The molecule has 0 bridgehead atoms. The van der Waals surface area contributed by atoms with Crippen LogP contribution in [0.4, 0.5) is 11.4 Å². The molecule has 0 unspecified atom stereocenters. The summed E-state index contributed by atoms with van der Waals surface area (Å²) in [4.78, 5) is 29.3. The predicted molar refractivity (Wildman–Crippen MR) is 132 cm³/mol. The number of carbonyl (C=O) groups is 2. The van der Waals surface area contributed by atoms with Crippen LogP contribution in [-0.4, -0.2) is 54.6 Å². The fourth-order valence-electron chi connectivity index (χ4n) is 5.04. The van der Waals surface area contributed by atoms with E-state index in [4.69, 9.17) is 0 Å². The molecule has 2 N–H and O–H groups in total. The molecule has 1 amide bonds. The number of carboxylic acid groups (broad SMARTS) is 1. The van der Waals surface area contributed by atoms with Gasteiger partial charge in [0.05, 0.1) is 16.9 Å². The van der Waals surface area contributed by atoms with E-state index in [1.165, 1.54) is 45.3 Å². The van der Waals surface area contributed by atoms with Crippen molar-refractivity contribution in [2.75, 3.05) is 42.9 Å². The summed E-state index contributed by atoms with van der Waals surface area (Å²) < 4.78 is 0. The molecule has 2 saturated heterocycles. The molecule has 2 fully saturated rings. The van der Waals surface area contributed by atoms with Gasteiger partial charge in [0.25, 0.3) is 5.91 Å². The lowest BCUT2D eigenvalue weighted by molar-refractivity contribution is 0.0696. The number of carboxylic acids is 1. The second kappa shape index (κ2) is 10.8. The topological polar surface area (TPSA) is 72.9 Å². The number of nitrogens with zero attached hydrogens (tertiary/aromatic N) is 2. The van der Waals surface area contributed by atoms with Gasteiger partial charge in [-0.05, 0) is 94.9 Å². The van der Waals surface area contributed by atoms with E-state index in [1.807, 2.05) is 31.2 Å². The monoisotopic (exact) mass is 449 g/mol. The first-order valence-electron chi connectivity index (χ1n) is 12.2. The Morgan fingerprint density at radius 1 is 0.970 bits per heavy atom. The van der Waals surface area contributed by atoms with Crippen molar-refractivity contribution in [2.24, 2.45) is 5.92 Å². The summed E-state index contributed by atoms with van der Waals surface area (Å²) in [5.74, 6) is -0.491. The van der Waals surface area contributed by atoms with Gasteiger partial charge in [-0.2, -0.15) is 0 Å². The Hall–Kier alpha value is -2.86. The van der Waals surface area contributed by atoms with Crippen LogP contribution < -0.4 is 10.2 Å². The molecule has 176 valence electrons. The van der Waals surface area contributed by atoms with E-state index >= 15 is 0 Å². The van der Waals surface area contributed by atoms with Gasteiger partial charge < -0.3 is 20.2 Å². The van der Waals surface area contributed by atoms with E-state index < -0.39 is 5.97 Å². The lowest BCUT2D eigenvalue weighted by Crippen LogP contribution is -2.36. The number of aromatic carboxylic acids is 1. The van der Waals surface area contributed by atoms with Gasteiger partial charge in [-0.1, -0.05) is 24.1 Å². The first kappa shape index (κ1) is 23.3. The molecule has 0 atom stereocenters. The molecule has 0 radical (unpaired) electrons. The quantitative estimate of drug-likeness (QED) is 0.620. The van der Waals surface area contributed by atoms with Crippen molar-refractivity contribution in [3.05, 3.63) is 59.2 Å². The van der Waals surface area contributed by atoms with Crippen molar-refractivity contribution in [3.8, 4) is 0 Å². The van der Waals surface area contributed by atoms with Crippen LogP contribution in [0, 0.1) is 12.8 Å². The summed E-state index contributed by atoms with van der Waals surface area (Å²) in [6, 6.07) is 12.5. The number of piperidine rings is 2. The van der Waals surface area contributed by atoms with Crippen LogP contribution in [0.3, 0.4) is 0 Å². The number of carbonyl (C=O) groups excluding carboxylic acids is 1. The number of hydrogen-bond acceptors (Lipinski definition) is 4. The number of amides is 1. The van der Waals surface area contributed by atoms with Crippen LogP contribution in [0.25, 0.3) is 0 Å². The van der Waals surface area contributed by atoms with Crippen LogP contribution in [0.15, 0.2) is 42.5 Å². The summed E-state index contributed by atoms with van der Waals surface area (Å²) in [7, 11) is 0. The zero-order valence-corrected chi connectivity index (χ0v) is 19.6. The SMILES string of the molecule is Cc1cccc(C(=O)Nc2cc(C(=O)O)ccc2N2CCC(CCN3CCCCC3)CC2)c1. The van der Waals surface area contributed by atoms with Gasteiger partial charge in [0.15, 0.2) is 0 Å². The number of rotatable bonds is 7. The third-order valence-corrected chi connectivity index (χ3v) is 7.03. The summed E-state index contributed by atoms with van der Waals surface area (Å²) >= 11 is 0. The maximum atomic E-state index is 12.9. The molecule has 2 aliphatic rings. The Balaban J connectivity index is 1.42. The molecular formula is C27H35N3O3. The second-order valence-electron chi connectivity index (χ2n) is 9.48. The van der Waals surface area contributed by atoms with Crippen molar-refractivity contribution in [1.82, 2.24) is 4.90 Å². The lowest BCUT2D eigenvalue weighted by Gasteiger charge is -2.36. The highest BCUT2D eigenvalue weighted by atomic mass is 16.4. The van der Waals surface area contributed by atoms with Gasteiger partial charge >= 0.3 is 5.97 Å². The highest BCUT2D eigenvalue weighted by molar-refractivity contribution is 6.06. The normalized spacial score (nSPS) is 17.7. The molecule has 2 aromatic carbocycles. The molecule has 2 aliphatic heterocycles. The van der Waals surface area contributed by atoms with E-state index in [0.717, 1.165) is 43.1 Å². The zero-order valence-electron chi connectivity index (χ0n) is 19.6. The predicted octanol–water partition coefficient (Wildman–Crippen LogP) is 5.04. The molecular weight excluding hydrogens is 414 g/mol. The van der Waals surface area contributed by atoms with Gasteiger partial charge in [-0.25, -0.2) is 4.79 Å². The van der Waals surface area contributed by atoms with Gasteiger partial charge in [0, 0.05) is 18.7 Å². The summed E-state index contributed by atoms with van der Waals surface area (Å²) in [6.07, 6.45) is 7.55. The standard InChI is InChI=1S/C27H35N3O3/c1-20-6-5-7-22(18-20)26(31)28-24-19-23(27(32)33)8-9-25(24)30-16-11-21(12-17-30)10-15-29-13-3-2-4-14-29/h5-9,18-19,21H,2-4,10-17H2,1H3,(H,28,31)(H,32,33). The third-order valence-electron chi connectivity index (χ3n) is 7.03. The summed E-state index contributed by atoms with van der Waals surface area (Å²) in [6.45, 7) is 7.49. The van der Waals surface area contributed by atoms with Crippen molar-refractivity contribution in [3.63, 3.8) is 0 Å². The number of nitrogens with one attached hydrogen (secondary N) is 1. The number of anilines is 2. The Kier molecular flexibility index (Phi) is 7.65. The Morgan fingerprint density at radius 3 is 2.42 bits per heavy atom. The van der Waals surface area contributed by atoms with E-state index in [2.05, 4.69) is 15.1 Å². The zero-order chi connectivity index (χ0) is 23.2. The Morgan fingerprint density at radius 2 is 1.73 bits per heavy atom. The fourth-order valence-corrected chi connectivity index (χ4v) is 5.04. The number of aryl methyl sites for hydroxylation is 1. The van der Waals surface area contributed by atoms with Crippen LogP contribution in [0.1, 0.15) is 64.8 Å². The highest BCUT2D eigenvalue weighted by Gasteiger charge is 2.23. The lowest BCUT2D eigenvalue weighted by atomic mass is 9.92. The van der Waals surface area contributed by atoms with Crippen molar-refractivity contribution in [2.45, 2.75) is 45.4 Å². The molecule has 2 aromatic rings. The van der Waals surface area contributed by atoms with Crippen molar-refractivity contribution in [1.29, 1.82) is 0 Å². The fraction of sp³-hybridized carbons (Fsp3) is 0.481. The van der Waals surface area contributed by atoms with Crippen LogP contribution in [0.2, 0.25) is 0 Å². The minimum Gasteiger partial charge on any atom is -0.478 e.